The van der Waals surface area contributed by atoms with Gasteiger partial charge in [-0.05, 0) is 221 Å². The quantitative estimate of drug-likeness (QED) is 0.0529. The molecule has 0 aromatic heterocycles. The molecule has 0 aromatic rings. The van der Waals surface area contributed by atoms with Crippen LogP contribution in [-0.4, -0.2) is 145 Å². The molecule has 8 fully saturated rings. The molecule has 0 heterocycles. The van der Waals surface area contributed by atoms with Crippen LogP contribution in [0.2, 0.25) is 0 Å². The topological polar surface area (TPSA) is 257 Å². The number of nitrogens with one attached hydrogen (secondary N) is 1. The molecule has 0 bridgehead atoms. The van der Waals surface area contributed by atoms with Gasteiger partial charge in [0.15, 0.2) is 0 Å². The van der Waals surface area contributed by atoms with Gasteiger partial charge in [0, 0.05) is 13.0 Å². The number of carbonyl (C=O) groups excluding carboxylic acids is 1. The first-order chi connectivity index (χ1) is 31.7. The van der Waals surface area contributed by atoms with E-state index in [2.05, 4.69) is 51.9 Å². The third kappa shape index (κ3) is 12.1. The van der Waals surface area contributed by atoms with Crippen LogP contribution in [0.4, 0.5) is 0 Å². The number of hydrogen-bond acceptors (Lipinski definition) is 12. The van der Waals surface area contributed by atoms with Crippen molar-refractivity contribution in [3.63, 3.8) is 0 Å². The summed E-state index contributed by atoms with van der Waals surface area (Å²) in [5.74, 6) is 4.14. The molecule has 69 heavy (non-hydrogen) atoms. The van der Waals surface area contributed by atoms with Gasteiger partial charge in [0.2, 0.25) is 5.91 Å². The first kappa shape index (κ1) is 58.1. The van der Waals surface area contributed by atoms with Gasteiger partial charge in [-0.25, -0.2) is 8.42 Å². The molecule has 8 saturated carbocycles. The molecule has 392 valence electrons. The molecule has 8 rings (SSSR count). The van der Waals surface area contributed by atoms with Crippen LogP contribution < -0.4 is 10.4 Å². The van der Waals surface area contributed by atoms with Gasteiger partial charge in [-0.15, -0.1) is 0 Å². The molecule has 0 saturated heterocycles. The summed E-state index contributed by atoms with van der Waals surface area (Å²) in [6.45, 7) is 13.5. The summed E-state index contributed by atoms with van der Waals surface area (Å²) >= 11 is 0. The maximum Gasteiger partial charge on any atom is 2.00 e. The van der Waals surface area contributed by atoms with Crippen molar-refractivity contribution < 1.29 is 56.3 Å². The largest absolute Gasteiger partial charge is 2.00 e. The number of nitrogens with zero attached hydrogens (tertiary/aromatic N) is 1. The number of hydrogen-bond donors (Lipinski definition) is 6. The van der Waals surface area contributed by atoms with E-state index >= 15 is 0 Å². The Hall–Kier alpha value is -0.140. The van der Waals surface area contributed by atoms with E-state index in [0.717, 1.165) is 77.0 Å². The van der Waals surface area contributed by atoms with Crippen LogP contribution in [0.5, 0.6) is 0 Å². The van der Waals surface area contributed by atoms with Crippen LogP contribution in [0.25, 0.3) is 0 Å². The van der Waals surface area contributed by atoms with Gasteiger partial charge in [-0.2, -0.15) is 8.42 Å². The van der Waals surface area contributed by atoms with Crippen molar-refractivity contribution in [1.29, 1.82) is 0 Å². The number of rotatable bonds is 14. The number of aliphatic imine (C=N–C) groups is 1. The smallest absolute Gasteiger partial charge is 0.862 e. The first-order valence-corrected chi connectivity index (χ1v) is 30.0. The Morgan fingerprint density at radius 3 is 1.54 bits per heavy atom. The van der Waals surface area contributed by atoms with Crippen molar-refractivity contribution in [2.75, 3.05) is 24.6 Å². The Bertz CT molecular complexity index is 2030. The minimum absolute atomic E-state index is 0. The Morgan fingerprint density at radius 1 is 0.652 bits per heavy atom. The van der Waals surface area contributed by atoms with Gasteiger partial charge in [0.05, 0.1) is 52.6 Å². The van der Waals surface area contributed by atoms with E-state index in [1.165, 1.54) is 25.7 Å². The van der Waals surface area contributed by atoms with Crippen LogP contribution in [0, 0.1) is 92.7 Å². The molecule has 17 heteroatoms. The van der Waals surface area contributed by atoms with E-state index < -0.39 is 31.7 Å². The standard InChI is InChI=1S/2C26H45NO6S.Ca/c2*1-16(4-9-24(30)27-12-13-34(31,32)33)20-7-8-21-19-6-5-17-14-18(28)10-11-25(17,2)22(19)15-23(29)26(20,21)3;/h2*16-23,28-29H,4-15H2,1-3H3,(H,27,30)(H,31,32,33);/q;;+2/p-2/t2*16-,17-,18-,19+,20-,21+,22+,23+,25+,26-;/m11./s1. The molecule has 0 aromatic carbocycles. The Balaban J connectivity index is 0.000000224. The van der Waals surface area contributed by atoms with Crippen LogP contribution in [0.3, 0.4) is 0 Å². The van der Waals surface area contributed by atoms with E-state index in [9.17, 15) is 51.7 Å². The SMILES string of the molecule is C[C@H](CCC(=O)NCCS(=O)(=O)O)[C@H]1CC[C@H]2[C@@H]3CC[C@@H]4C[C@H](O)CC[C@]4(C)[C@H]3C[C@H](O)[C@]12C.C[C@H](CCC([O-])=NCCS(=O)(=O)[O-])[C@H]1CC[C@H]2[C@@H]3CC[C@@H]4C[C@H](O)CC[C@]4(C)[C@H]3C[C@H](O)[C@]12C.[Ca+2]. The molecular weight excluding hydrogens is 949 g/mol. The van der Waals surface area contributed by atoms with E-state index in [4.69, 9.17) is 4.55 Å². The zero-order valence-corrected chi connectivity index (χ0v) is 46.6. The summed E-state index contributed by atoms with van der Waals surface area (Å²) in [7, 11) is -8.42. The third-order valence-electron chi connectivity index (χ3n) is 22.0. The van der Waals surface area contributed by atoms with E-state index in [1.807, 2.05) is 0 Å². The number of fused-ring (bicyclic) bond motifs is 10. The summed E-state index contributed by atoms with van der Waals surface area (Å²) < 4.78 is 62.6. The molecular formula is C52H88CaN2O12S2. The van der Waals surface area contributed by atoms with Gasteiger partial charge < -0.3 is 40.4 Å². The number of carbonyl (C=O) groups is 1. The van der Waals surface area contributed by atoms with Crippen LogP contribution >= 0.6 is 0 Å². The Morgan fingerprint density at radius 2 is 1.10 bits per heavy atom. The fraction of sp³-hybridized carbons (Fsp3) is 0.962. The zero-order valence-electron chi connectivity index (χ0n) is 42.8. The third-order valence-corrected chi connectivity index (χ3v) is 23.4. The van der Waals surface area contributed by atoms with Crippen molar-refractivity contribution in [3.05, 3.63) is 0 Å². The molecule has 14 nitrogen and oxygen atoms in total. The zero-order chi connectivity index (χ0) is 49.8. The Labute approximate surface area is 444 Å². The van der Waals surface area contributed by atoms with Crippen molar-refractivity contribution in [3.8, 4) is 0 Å². The predicted molar refractivity (Wildman–Crippen MR) is 264 cm³/mol. The fourth-order valence-corrected chi connectivity index (χ4v) is 18.9. The number of aliphatic hydroxyl groups excluding tert-OH is 4. The van der Waals surface area contributed by atoms with Gasteiger partial charge in [-0.3, -0.25) is 9.35 Å². The molecule has 0 radical (unpaired) electrons. The van der Waals surface area contributed by atoms with Crippen LogP contribution in [0.15, 0.2) is 4.99 Å². The summed E-state index contributed by atoms with van der Waals surface area (Å²) in [5.41, 5.74) is 0.183. The minimum Gasteiger partial charge on any atom is -0.862 e. The van der Waals surface area contributed by atoms with Crippen molar-refractivity contribution in [2.24, 2.45) is 97.7 Å². The predicted octanol–water partition coefficient (Wildman–Crippen LogP) is 5.71. The molecule has 20 atom stereocenters. The molecule has 1 amide bonds. The molecule has 6 N–H and O–H groups in total. The summed E-state index contributed by atoms with van der Waals surface area (Å²) in [4.78, 5) is 15.9. The normalized spacial score (nSPS) is 44.8. The molecule has 8 aliphatic carbocycles. The van der Waals surface area contributed by atoms with Gasteiger partial charge >= 0.3 is 37.7 Å². The maximum absolute atomic E-state index is 12.2. The molecule has 0 aliphatic heterocycles. The van der Waals surface area contributed by atoms with Crippen molar-refractivity contribution in [1.82, 2.24) is 5.32 Å². The van der Waals surface area contributed by atoms with Gasteiger partial charge in [0.25, 0.3) is 10.1 Å². The second-order valence-corrected chi connectivity index (χ2v) is 28.1. The van der Waals surface area contributed by atoms with E-state index in [-0.39, 0.29) is 121 Å². The van der Waals surface area contributed by atoms with E-state index in [0.29, 0.717) is 84.4 Å². The summed E-state index contributed by atoms with van der Waals surface area (Å²) in [5, 5.41) is 58.4. The molecule has 8 aliphatic rings. The monoisotopic (exact) mass is 1040 g/mol. The van der Waals surface area contributed by atoms with Crippen LogP contribution in [-0.2, 0) is 25.0 Å². The van der Waals surface area contributed by atoms with Crippen molar-refractivity contribution in [2.45, 2.75) is 194 Å². The second kappa shape index (κ2) is 22.6. The van der Waals surface area contributed by atoms with E-state index in [1.54, 1.807) is 0 Å². The number of aliphatic hydroxyl groups is 4. The molecule has 0 unspecified atom stereocenters. The maximum atomic E-state index is 12.2. The average molecular weight is 1040 g/mol. The van der Waals surface area contributed by atoms with Crippen molar-refractivity contribution >= 4 is 69.8 Å². The van der Waals surface area contributed by atoms with Crippen LogP contribution in [0.1, 0.15) is 170 Å². The summed E-state index contributed by atoms with van der Waals surface area (Å²) in [6.07, 6.45) is 17.6. The van der Waals surface area contributed by atoms with Gasteiger partial charge in [-0.1, -0.05) is 41.5 Å². The van der Waals surface area contributed by atoms with Gasteiger partial charge in [0.1, 0.15) is 0 Å². The Kier molecular flexibility index (Phi) is 19.0. The minimum atomic E-state index is -4.35. The summed E-state index contributed by atoms with van der Waals surface area (Å²) in [6, 6.07) is 0. The number of amides is 1. The fourth-order valence-electron chi connectivity index (χ4n) is 18.2. The average Bonchev–Trinajstić information content (AvgIpc) is 3.81. The second-order valence-electron chi connectivity index (χ2n) is 25.0. The first-order valence-electron chi connectivity index (χ1n) is 26.8. The molecule has 0 spiro atoms.